The topological polar surface area (TPSA) is 54.9 Å². The van der Waals surface area contributed by atoms with Crippen molar-refractivity contribution >= 4 is 32.6 Å². The van der Waals surface area contributed by atoms with Crippen LogP contribution in [0.5, 0.6) is 5.75 Å². The SMILES string of the molecule is CCCC(=O)N(CCCN1CCOCC1)c1nc2ccc(OC)cc2s1. The van der Waals surface area contributed by atoms with E-state index in [9.17, 15) is 4.79 Å². The van der Waals surface area contributed by atoms with E-state index in [1.807, 2.05) is 30.0 Å². The average molecular weight is 378 g/mol. The molecule has 2 aromatic rings. The summed E-state index contributed by atoms with van der Waals surface area (Å²) in [4.78, 5) is 21.6. The number of anilines is 1. The summed E-state index contributed by atoms with van der Waals surface area (Å²) in [7, 11) is 1.66. The number of amides is 1. The lowest BCUT2D eigenvalue weighted by molar-refractivity contribution is -0.118. The Labute approximate surface area is 158 Å². The standard InChI is InChI=1S/C19H27N3O3S/c1-3-5-18(23)22(9-4-8-21-10-12-25-13-11-21)19-20-16-7-6-15(24-2)14-17(16)26-19/h6-7,14H,3-5,8-13H2,1-2H3. The molecule has 1 aromatic carbocycles. The molecule has 6 nitrogen and oxygen atoms in total. The molecule has 7 heteroatoms. The number of aromatic nitrogens is 1. The van der Waals surface area contributed by atoms with Crippen molar-refractivity contribution in [2.24, 2.45) is 0 Å². The number of benzene rings is 1. The Morgan fingerprint density at radius 3 is 2.92 bits per heavy atom. The van der Waals surface area contributed by atoms with Gasteiger partial charge in [-0.15, -0.1) is 0 Å². The summed E-state index contributed by atoms with van der Waals surface area (Å²) in [5.41, 5.74) is 0.910. The lowest BCUT2D eigenvalue weighted by Gasteiger charge is -2.27. The Morgan fingerprint density at radius 2 is 2.19 bits per heavy atom. The van der Waals surface area contributed by atoms with E-state index in [-0.39, 0.29) is 5.91 Å². The number of hydrogen-bond acceptors (Lipinski definition) is 6. The fraction of sp³-hybridized carbons (Fsp3) is 0.579. The van der Waals surface area contributed by atoms with Crippen molar-refractivity contribution in [1.29, 1.82) is 0 Å². The first-order chi connectivity index (χ1) is 12.7. The highest BCUT2D eigenvalue weighted by Gasteiger charge is 2.20. The van der Waals surface area contributed by atoms with Crippen molar-refractivity contribution in [3.05, 3.63) is 18.2 Å². The summed E-state index contributed by atoms with van der Waals surface area (Å²) in [5, 5.41) is 0.786. The molecule has 1 fully saturated rings. The van der Waals surface area contributed by atoms with Gasteiger partial charge in [-0.25, -0.2) is 4.98 Å². The van der Waals surface area contributed by atoms with Gasteiger partial charge in [0.1, 0.15) is 5.75 Å². The highest BCUT2D eigenvalue weighted by molar-refractivity contribution is 7.22. The van der Waals surface area contributed by atoms with Crippen LogP contribution in [0.1, 0.15) is 26.2 Å². The third kappa shape index (κ3) is 4.72. The number of carbonyl (C=O) groups excluding carboxylic acids is 1. The molecular weight excluding hydrogens is 350 g/mol. The quantitative estimate of drug-likeness (QED) is 0.707. The van der Waals surface area contributed by atoms with Gasteiger partial charge in [0.05, 0.1) is 30.5 Å². The van der Waals surface area contributed by atoms with E-state index in [2.05, 4.69) is 4.90 Å². The number of thiazole rings is 1. The molecule has 26 heavy (non-hydrogen) atoms. The number of ether oxygens (including phenoxy) is 2. The zero-order chi connectivity index (χ0) is 18.4. The van der Waals surface area contributed by atoms with Gasteiger partial charge >= 0.3 is 0 Å². The number of hydrogen-bond donors (Lipinski definition) is 0. The molecule has 0 unspecified atom stereocenters. The molecule has 1 aliphatic rings. The molecule has 0 N–H and O–H groups in total. The van der Waals surface area contributed by atoms with E-state index >= 15 is 0 Å². The van der Waals surface area contributed by atoms with Crippen molar-refractivity contribution in [2.45, 2.75) is 26.2 Å². The van der Waals surface area contributed by atoms with Crippen LogP contribution >= 0.6 is 11.3 Å². The summed E-state index contributed by atoms with van der Waals surface area (Å²) in [6, 6.07) is 5.83. The van der Waals surface area contributed by atoms with Crippen LogP contribution in [0.15, 0.2) is 18.2 Å². The van der Waals surface area contributed by atoms with Gasteiger partial charge in [-0.3, -0.25) is 14.6 Å². The molecule has 1 aromatic heterocycles. The summed E-state index contributed by atoms with van der Waals surface area (Å²) in [5.74, 6) is 0.965. The molecule has 3 rings (SSSR count). The molecule has 1 amide bonds. The summed E-state index contributed by atoms with van der Waals surface area (Å²) >= 11 is 1.56. The highest BCUT2D eigenvalue weighted by Crippen LogP contribution is 2.32. The minimum absolute atomic E-state index is 0.153. The van der Waals surface area contributed by atoms with Crippen LogP contribution in [-0.4, -0.2) is 62.3 Å². The monoisotopic (exact) mass is 377 g/mol. The zero-order valence-electron chi connectivity index (χ0n) is 15.6. The maximum Gasteiger partial charge on any atom is 0.228 e. The Bertz CT molecular complexity index is 728. The number of methoxy groups -OCH3 is 1. The van der Waals surface area contributed by atoms with Crippen molar-refractivity contribution < 1.29 is 14.3 Å². The number of morpholine rings is 1. The first-order valence-electron chi connectivity index (χ1n) is 9.26. The minimum atomic E-state index is 0.153. The number of rotatable bonds is 8. The van der Waals surface area contributed by atoms with E-state index in [1.54, 1.807) is 18.4 Å². The first kappa shape index (κ1) is 19.1. The van der Waals surface area contributed by atoms with Crippen LogP contribution < -0.4 is 9.64 Å². The van der Waals surface area contributed by atoms with Crippen LogP contribution in [-0.2, 0) is 9.53 Å². The Morgan fingerprint density at radius 1 is 1.38 bits per heavy atom. The van der Waals surface area contributed by atoms with Crippen molar-refractivity contribution in [1.82, 2.24) is 9.88 Å². The average Bonchev–Trinajstić information content (AvgIpc) is 3.08. The normalized spacial score (nSPS) is 15.3. The van der Waals surface area contributed by atoms with Crippen LogP contribution in [0, 0.1) is 0 Å². The number of carbonyl (C=O) groups is 1. The van der Waals surface area contributed by atoms with Gasteiger partial charge in [0.25, 0.3) is 0 Å². The van der Waals surface area contributed by atoms with Crippen LogP contribution in [0.25, 0.3) is 10.2 Å². The van der Waals surface area contributed by atoms with E-state index < -0.39 is 0 Å². The van der Waals surface area contributed by atoms with Crippen LogP contribution in [0.3, 0.4) is 0 Å². The molecule has 0 atom stereocenters. The van der Waals surface area contributed by atoms with Crippen molar-refractivity contribution in [3.8, 4) is 5.75 Å². The van der Waals surface area contributed by atoms with Crippen LogP contribution in [0.2, 0.25) is 0 Å². The molecule has 142 valence electrons. The zero-order valence-corrected chi connectivity index (χ0v) is 16.4. The molecule has 2 heterocycles. The molecule has 0 spiro atoms. The summed E-state index contributed by atoms with van der Waals surface area (Å²) in [6.07, 6.45) is 2.34. The van der Waals surface area contributed by atoms with Gasteiger partial charge in [-0.2, -0.15) is 0 Å². The predicted molar refractivity (Wildman–Crippen MR) is 105 cm³/mol. The second-order valence-electron chi connectivity index (χ2n) is 6.43. The molecule has 0 bridgehead atoms. The van der Waals surface area contributed by atoms with E-state index in [0.717, 1.165) is 66.8 Å². The third-order valence-corrected chi connectivity index (χ3v) is 5.58. The second kappa shape index (κ2) is 9.30. The smallest absolute Gasteiger partial charge is 0.228 e. The van der Waals surface area contributed by atoms with Gasteiger partial charge in [-0.1, -0.05) is 18.3 Å². The highest BCUT2D eigenvalue weighted by atomic mass is 32.1. The summed E-state index contributed by atoms with van der Waals surface area (Å²) in [6.45, 7) is 7.28. The Hall–Kier alpha value is -1.70. The first-order valence-corrected chi connectivity index (χ1v) is 10.1. The maximum absolute atomic E-state index is 12.7. The maximum atomic E-state index is 12.7. The molecule has 1 saturated heterocycles. The largest absolute Gasteiger partial charge is 0.497 e. The predicted octanol–water partition coefficient (Wildman–Crippen LogP) is 3.16. The van der Waals surface area contributed by atoms with E-state index in [4.69, 9.17) is 14.5 Å². The lowest BCUT2D eigenvalue weighted by Crippen LogP contribution is -2.39. The summed E-state index contributed by atoms with van der Waals surface area (Å²) < 4.78 is 11.7. The molecule has 0 radical (unpaired) electrons. The second-order valence-corrected chi connectivity index (χ2v) is 7.44. The number of fused-ring (bicyclic) bond motifs is 1. The molecule has 0 aliphatic carbocycles. The van der Waals surface area contributed by atoms with E-state index in [0.29, 0.717) is 13.0 Å². The molecular formula is C19H27N3O3S. The van der Waals surface area contributed by atoms with Crippen molar-refractivity contribution in [3.63, 3.8) is 0 Å². The van der Waals surface area contributed by atoms with Gasteiger partial charge in [0.2, 0.25) is 5.91 Å². The third-order valence-electron chi connectivity index (χ3n) is 4.54. The van der Waals surface area contributed by atoms with Crippen molar-refractivity contribution in [2.75, 3.05) is 51.4 Å². The lowest BCUT2D eigenvalue weighted by atomic mass is 10.2. The number of nitrogens with zero attached hydrogens (tertiary/aromatic N) is 3. The molecule has 1 aliphatic heterocycles. The fourth-order valence-electron chi connectivity index (χ4n) is 3.09. The van der Waals surface area contributed by atoms with Gasteiger partial charge in [0, 0.05) is 32.6 Å². The Kier molecular flexibility index (Phi) is 6.82. The van der Waals surface area contributed by atoms with Gasteiger partial charge in [0.15, 0.2) is 5.13 Å². The fourth-order valence-corrected chi connectivity index (χ4v) is 4.13. The Balaban J connectivity index is 1.71. The molecule has 0 saturated carbocycles. The van der Waals surface area contributed by atoms with Gasteiger partial charge < -0.3 is 9.47 Å². The van der Waals surface area contributed by atoms with Crippen LogP contribution in [0.4, 0.5) is 5.13 Å². The minimum Gasteiger partial charge on any atom is -0.497 e. The van der Waals surface area contributed by atoms with Gasteiger partial charge in [-0.05, 0) is 31.0 Å². The van der Waals surface area contributed by atoms with E-state index in [1.165, 1.54) is 0 Å².